The molecule has 12 heavy (non-hydrogen) atoms. The lowest BCUT2D eigenvalue weighted by molar-refractivity contribution is -0.286. The second kappa shape index (κ2) is 3.65. The van der Waals surface area contributed by atoms with E-state index in [-0.39, 0.29) is 0 Å². The maximum absolute atomic E-state index is 9.12. The molecule has 0 bridgehead atoms. The van der Waals surface area contributed by atoms with Gasteiger partial charge in [-0.2, -0.15) is 0 Å². The van der Waals surface area contributed by atoms with E-state index in [9.17, 15) is 0 Å². The van der Waals surface area contributed by atoms with Crippen LogP contribution in [0.2, 0.25) is 0 Å². The van der Waals surface area contributed by atoms with Crippen molar-refractivity contribution in [2.45, 2.75) is 30.7 Å². The average Bonchev–Trinajstić information content (AvgIpc) is 2.08. The first-order chi connectivity index (χ1) is 5.57. The number of aliphatic hydroxyl groups excluding tert-OH is 5. The van der Waals surface area contributed by atoms with Crippen LogP contribution in [0.25, 0.3) is 0 Å². The molecule has 0 radical (unpaired) electrons. The molecule has 1 aliphatic rings. The largest absolute Gasteiger partial charge is 0.394 e. The molecule has 1 heterocycles. The van der Waals surface area contributed by atoms with Gasteiger partial charge in [0.2, 0.25) is 0 Å². The van der Waals surface area contributed by atoms with E-state index < -0.39 is 37.3 Å². The minimum Gasteiger partial charge on any atom is -0.394 e. The molecule has 0 amide bonds. The Hall–Kier alpha value is -0.240. The van der Waals surface area contributed by atoms with Crippen molar-refractivity contribution in [3.63, 3.8) is 0 Å². The summed E-state index contributed by atoms with van der Waals surface area (Å²) in [7, 11) is 0. The van der Waals surface area contributed by atoms with E-state index in [0.29, 0.717) is 0 Å². The molecule has 0 aromatic carbocycles. The van der Waals surface area contributed by atoms with Gasteiger partial charge < -0.3 is 30.3 Å². The molecule has 5 atom stereocenters. The fraction of sp³-hybridized carbons (Fsp3) is 1.00. The Bertz CT molecular complexity index is 146. The number of aliphatic hydroxyl groups is 5. The fourth-order valence-corrected chi connectivity index (χ4v) is 1.08. The number of hydrogen-bond acceptors (Lipinski definition) is 6. The van der Waals surface area contributed by atoms with Crippen molar-refractivity contribution in [2.75, 3.05) is 6.61 Å². The van der Waals surface area contributed by atoms with Gasteiger partial charge in [0, 0.05) is 0 Å². The van der Waals surface area contributed by atoms with Gasteiger partial charge in [0.05, 0.1) is 6.61 Å². The van der Waals surface area contributed by atoms with E-state index in [4.69, 9.17) is 25.5 Å². The normalized spacial score (nSPS) is 49.2. The molecule has 0 aromatic heterocycles. The van der Waals surface area contributed by atoms with E-state index in [1.54, 1.807) is 0 Å². The van der Waals surface area contributed by atoms with Crippen LogP contribution in [0.1, 0.15) is 0 Å². The summed E-state index contributed by atoms with van der Waals surface area (Å²) < 4.78 is 4.58. The van der Waals surface area contributed by atoms with Crippen molar-refractivity contribution in [3.8, 4) is 0 Å². The van der Waals surface area contributed by atoms with Crippen molar-refractivity contribution in [1.29, 1.82) is 0 Å². The van der Waals surface area contributed by atoms with Gasteiger partial charge in [-0.05, 0) is 0 Å². The Morgan fingerprint density at radius 2 is 1.50 bits per heavy atom. The standard InChI is InChI=1S/C6H12O6/c7-1-2-3(8)4(9)5(10)6(11)12-2/h2-11H,1H2/t2-,3+,4?,5?,6?/m0/s1. The monoisotopic (exact) mass is 180 g/mol. The van der Waals surface area contributed by atoms with Crippen molar-refractivity contribution >= 4 is 0 Å². The van der Waals surface area contributed by atoms with E-state index in [0.717, 1.165) is 0 Å². The van der Waals surface area contributed by atoms with Crippen LogP contribution in [-0.4, -0.2) is 62.8 Å². The molecule has 1 fully saturated rings. The predicted molar refractivity (Wildman–Crippen MR) is 36.0 cm³/mol. The van der Waals surface area contributed by atoms with Crippen LogP contribution >= 0.6 is 0 Å². The van der Waals surface area contributed by atoms with Gasteiger partial charge in [-0.25, -0.2) is 0 Å². The summed E-state index contributed by atoms with van der Waals surface area (Å²) >= 11 is 0. The topological polar surface area (TPSA) is 110 Å². The summed E-state index contributed by atoms with van der Waals surface area (Å²) in [6.45, 7) is -0.526. The average molecular weight is 180 g/mol. The lowest BCUT2D eigenvalue weighted by Gasteiger charge is -2.37. The minimum absolute atomic E-state index is 0.526. The first-order valence-corrected chi connectivity index (χ1v) is 3.56. The highest BCUT2D eigenvalue weighted by Gasteiger charge is 2.42. The van der Waals surface area contributed by atoms with Gasteiger partial charge in [0.15, 0.2) is 6.29 Å². The summed E-state index contributed by atoms with van der Waals surface area (Å²) in [5.41, 5.74) is 0. The first-order valence-electron chi connectivity index (χ1n) is 3.56. The molecule has 0 spiro atoms. The molecule has 3 unspecified atom stereocenters. The SMILES string of the molecule is OC[C@@H]1OC(O)C(O)C(O)[C@@H]1O. The smallest absolute Gasteiger partial charge is 0.184 e. The number of hydrogen-bond donors (Lipinski definition) is 5. The zero-order chi connectivity index (χ0) is 9.30. The highest BCUT2D eigenvalue weighted by molar-refractivity contribution is 4.87. The molecule has 6 heteroatoms. The lowest BCUT2D eigenvalue weighted by Crippen LogP contribution is -2.58. The molecule has 6 nitrogen and oxygen atoms in total. The summed E-state index contributed by atoms with van der Waals surface area (Å²) in [5.74, 6) is 0. The van der Waals surface area contributed by atoms with Gasteiger partial charge in [-0.3, -0.25) is 0 Å². The Morgan fingerprint density at radius 3 is 2.00 bits per heavy atom. The van der Waals surface area contributed by atoms with Crippen molar-refractivity contribution in [1.82, 2.24) is 0 Å². The molecular formula is C6H12O6. The van der Waals surface area contributed by atoms with E-state index in [2.05, 4.69) is 4.74 Å². The van der Waals surface area contributed by atoms with Crippen molar-refractivity contribution < 1.29 is 30.3 Å². The molecule has 1 aliphatic heterocycles. The zero-order valence-electron chi connectivity index (χ0n) is 6.24. The first kappa shape index (κ1) is 9.85. The summed E-state index contributed by atoms with van der Waals surface area (Å²) in [4.78, 5) is 0. The molecule has 0 saturated carbocycles. The summed E-state index contributed by atoms with van der Waals surface area (Å²) in [6.07, 6.45) is -7.04. The Balaban J connectivity index is 2.63. The van der Waals surface area contributed by atoms with Gasteiger partial charge >= 0.3 is 0 Å². The molecule has 0 aliphatic carbocycles. The summed E-state index contributed by atoms with van der Waals surface area (Å²) in [6, 6.07) is 0. The Morgan fingerprint density at radius 1 is 0.917 bits per heavy atom. The molecule has 5 N–H and O–H groups in total. The van der Waals surface area contributed by atoms with E-state index >= 15 is 0 Å². The molecule has 72 valence electrons. The Labute approximate surface area is 68.6 Å². The van der Waals surface area contributed by atoms with Crippen LogP contribution < -0.4 is 0 Å². The highest BCUT2D eigenvalue weighted by atomic mass is 16.6. The summed E-state index contributed by atoms with van der Waals surface area (Å²) in [5, 5.41) is 44.7. The van der Waals surface area contributed by atoms with Crippen LogP contribution in [0.15, 0.2) is 0 Å². The molecular weight excluding hydrogens is 168 g/mol. The predicted octanol–water partition coefficient (Wildman–Crippen LogP) is -3.22. The number of rotatable bonds is 1. The van der Waals surface area contributed by atoms with Gasteiger partial charge in [0.25, 0.3) is 0 Å². The zero-order valence-corrected chi connectivity index (χ0v) is 6.24. The van der Waals surface area contributed by atoms with Crippen LogP contribution in [-0.2, 0) is 4.74 Å². The maximum atomic E-state index is 9.12. The Kier molecular flexibility index (Phi) is 2.99. The third kappa shape index (κ3) is 1.58. The van der Waals surface area contributed by atoms with Crippen LogP contribution in [0, 0.1) is 0 Å². The third-order valence-corrected chi connectivity index (χ3v) is 1.87. The van der Waals surface area contributed by atoms with Crippen LogP contribution in [0.5, 0.6) is 0 Å². The molecule has 0 aromatic rings. The van der Waals surface area contributed by atoms with Gasteiger partial charge in [-0.1, -0.05) is 0 Å². The maximum Gasteiger partial charge on any atom is 0.184 e. The second-order valence-corrected chi connectivity index (χ2v) is 2.72. The molecule has 1 rings (SSSR count). The van der Waals surface area contributed by atoms with Crippen molar-refractivity contribution in [3.05, 3.63) is 0 Å². The quantitative estimate of drug-likeness (QED) is 0.290. The highest BCUT2D eigenvalue weighted by Crippen LogP contribution is 2.18. The fourth-order valence-electron chi connectivity index (χ4n) is 1.08. The minimum atomic E-state index is -1.57. The lowest BCUT2D eigenvalue weighted by atomic mass is 10.00. The van der Waals surface area contributed by atoms with E-state index in [1.807, 2.05) is 0 Å². The molecule has 1 saturated heterocycles. The van der Waals surface area contributed by atoms with Gasteiger partial charge in [0.1, 0.15) is 24.4 Å². The van der Waals surface area contributed by atoms with Crippen LogP contribution in [0.4, 0.5) is 0 Å². The third-order valence-electron chi connectivity index (χ3n) is 1.87. The van der Waals surface area contributed by atoms with Crippen LogP contribution in [0.3, 0.4) is 0 Å². The number of ether oxygens (including phenoxy) is 1. The second-order valence-electron chi connectivity index (χ2n) is 2.72. The van der Waals surface area contributed by atoms with Crippen molar-refractivity contribution in [2.24, 2.45) is 0 Å². The van der Waals surface area contributed by atoms with Gasteiger partial charge in [-0.15, -0.1) is 0 Å². The van der Waals surface area contributed by atoms with E-state index in [1.165, 1.54) is 0 Å².